The molecule has 8 heteroatoms. The van der Waals surface area contributed by atoms with Gasteiger partial charge in [-0.2, -0.15) is 0 Å². The Morgan fingerprint density at radius 1 is 1.36 bits per heavy atom. The molecule has 0 radical (unpaired) electrons. The zero-order valence-electron chi connectivity index (χ0n) is 13.9. The molecule has 1 aromatic carbocycles. The first-order valence-electron chi connectivity index (χ1n) is 7.49. The van der Waals surface area contributed by atoms with Crippen LogP contribution in [-0.2, 0) is 16.6 Å². The summed E-state index contributed by atoms with van der Waals surface area (Å²) >= 11 is 12.3. The van der Waals surface area contributed by atoms with Gasteiger partial charge in [-0.05, 0) is 19.1 Å². The fourth-order valence-electron chi connectivity index (χ4n) is 2.71. The van der Waals surface area contributed by atoms with E-state index in [1.165, 1.54) is 7.11 Å². The normalized spacial score (nSPS) is 17.2. The molecule has 0 spiro atoms. The Labute approximate surface area is 155 Å². The first-order valence-corrected chi connectivity index (χ1v) is 8.24. The zero-order valence-corrected chi connectivity index (χ0v) is 15.4. The van der Waals surface area contributed by atoms with Gasteiger partial charge in [0.25, 0.3) is 0 Å². The van der Waals surface area contributed by atoms with Crippen molar-refractivity contribution in [3.8, 4) is 0 Å². The molecule has 6 nitrogen and oxygen atoms in total. The lowest BCUT2D eigenvalue weighted by Gasteiger charge is -2.26. The summed E-state index contributed by atoms with van der Waals surface area (Å²) in [6, 6.07) is 4.48. The Bertz CT molecular complexity index is 902. The number of methoxy groups -OCH3 is 1. The molecule has 1 aliphatic heterocycles. The molecule has 1 N–H and O–H groups in total. The van der Waals surface area contributed by atoms with E-state index in [2.05, 4.69) is 15.3 Å². The zero-order chi connectivity index (χ0) is 18.1. The second-order valence-electron chi connectivity index (χ2n) is 5.56. The van der Waals surface area contributed by atoms with Gasteiger partial charge in [-0.25, -0.2) is 9.78 Å². The number of amidine groups is 1. The van der Waals surface area contributed by atoms with Gasteiger partial charge in [0.2, 0.25) is 0 Å². The minimum atomic E-state index is -0.620. The van der Waals surface area contributed by atoms with Crippen molar-refractivity contribution in [2.24, 2.45) is 12.0 Å². The largest absolute Gasteiger partial charge is 0.466 e. The minimum Gasteiger partial charge on any atom is -0.466 e. The number of carbonyl (C=O) groups is 1. The molecule has 0 amide bonds. The van der Waals surface area contributed by atoms with Crippen LogP contribution in [0, 0.1) is 0 Å². The number of allylic oxidation sites excluding steroid dienone is 1. The highest BCUT2D eigenvalue weighted by molar-refractivity contribution is 6.35. The highest BCUT2D eigenvalue weighted by Gasteiger charge is 2.32. The van der Waals surface area contributed by atoms with E-state index < -0.39 is 12.0 Å². The molecule has 25 heavy (non-hydrogen) atoms. The van der Waals surface area contributed by atoms with Crippen LogP contribution < -0.4 is 5.32 Å². The van der Waals surface area contributed by atoms with E-state index in [4.69, 9.17) is 27.9 Å². The van der Waals surface area contributed by atoms with Gasteiger partial charge >= 0.3 is 5.97 Å². The Kier molecular flexibility index (Phi) is 4.83. The number of hydrogen-bond donors (Lipinski definition) is 1. The summed E-state index contributed by atoms with van der Waals surface area (Å²) in [5.74, 6) is 0.732. The van der Waals surface area contributed by atoms with Crippen molar-refractivity contribution in [1.29, 1.82) is 0 Å². The molecule has 1 aliphatic rings. The average Bonchev–Trinajstić information content (AvgIpc) is 2.99. The fourth-order valence-corrected chi connectivity index (χ4v) is 3.22. The van der Waals surface area contributed by atoms with Crippen molar-refractivity contribution in [2.75, 3.05) is 7.11 Å². The summed E-state index contributed by atoms with van der Waals surface area (Å²) in [6.45, 7) is 1.79. The smallest absolute Gasteiger partial charge is 0.338 e. The number of aryl methyl sites for hydroxylation is 1. The van der Waals surface area contributed by atoms with Gasteiger partial charge in [0, 0.05) is 40.7 Å². The summed E-state index contributed by atoms with van der Waals surface area (Å²) in [4.78, 5) is 21.3. The lowest BCUT2D eigenvalue weighted by atomic mass is 9.96. The van der Waals surface area contributed by atoms with E-state index >= 15 is 0 Å². The summed E-state index contributed by atoms with van der Waals surface area (Å²) < 4.78 is 6.77. The van der Waals surface area contributed by atoms with Crippen molar-refractivity contribution < 1.29 is 9.53 Å². The van der Waals surface area contributed by atoms with Crippen LogP contribution in [0.4, 0.5) is 0 Å². The molecule has 130 valence electrons. The lowest BCUT2D eigenvalue weighted by Crippen LogP contribution is -2.34. The molecule has 2 aromatic rings. The first-order chi connectivity index (χ1) is 11.9. The highest BCUT2D eigenvalue weighted by Crippen LogP contribution is 2.36. The van der Waals surface area contributed by atoms with E-state index in [-0.39, 0.29) is 0 Å². The number of esters is 1. The highest BCUT2D eigenvalue weighted by atomic mass is 35.5. The second kappa shape index (κ2) is 6.90. The Balaban J connectivity index is 2.16. The van der Waals surface area contributed by atoms with Crippen LogP contribution >= 0.6 is 23.2 Å². The molecule has 1 aromatic heterocycles. The van der Waals surface area contributed by atoms with E-state index in [9.17, 15) is 4.79 Å². The van der Waals surface area contributed by atoms with Crippen LogP contribution in [0.1, 0.15) is 24.4 Å². The number of carbonyl (C=O) groups excluding carboxylic acids is 1. The Morgan fingerprint density at radius 3 is 2.72 bits per heavy atom. The van der Waals surface area contributed by atoms with Crippen LogP contribution in [0.5, 0.6) is 0 Å². The van der Waals surface area contributed by atoms with Crippen LogP contribution in [0.15, 0.2) is 46.9 Å². The fraction of sp³-hybridized carbons (Fsp3) is 0.235. The van der Waals surface area contributed by atoms with Crippen molar-refractivity contribution in [1.82, 2.24) is 14.9 Å². The molecular weight excluding hydrogens is 363 g/mol. The van der Waals surface area contributed by atoms with Crippen molar-refractivity contribution in [3.63, 3.8) is 0 Å². The number of nitrogens with zero attached hydrogens (tertiary/aromatic N) is 3. The molecule has 3 rings (SSSR count). The third kappa shape index (κ3) is 3.27. The van der Waals surface area contributed by atoms with E-state index in [1.54, 1.807) is 31.3 Å². The van der Waals surface area contributed by atoms with Crippen molar-refractivity contribution in [2.45, 2.75) is 13.0 Å². The van der Waals surface area contributed by atoms with Crippen LogP contribution in [0.3, 0.4) is 0 Å². The monoisotopic (exact) mass is 378 g/mol. The molecule has 1 atom stereocenters. The minimum absolute atomic E-state index is 0.393. The van der Waals surface area contributed by atoms with Gasteiger partial charge in [-0.3, -0.25) is 4.99 Å². The van der Waals surface area contributed by atoms with E-state index in [0.717, 1.165) is 0 Å². The SMILES string of the molecule is COC(=O)C1=C(C)NC(c2nccn2C)=NC1c1ccc(Cl)cc1Cl. The molecule has 0 aliphatic carbocycles. The number of ether oxygens (including phenoxy) is 1. The second-order valence-corrected chi connectivity index (χ2v) is 6.41. The van der Waals surface area contributed by atoms with E-state index in [1.807, 2.05) is 17.8 Å². The molecule has 0 bridgehead atoms. The molecule has 1 unspecified atom stereocenters. The maximum atomic E-state index is 12.3. The predicted molar refractivity (Wildman–Crippen MR) is 96.8 cm³/mol. The van der Waals surface area contributed by atoms with Crippen LogP contribution in [-0.4, -0.2) is 28.5 Å². The molecule has 0 saturated heterocycles. The number of benzene rings is 1. The van der Waals surface area contributed by atoms with E-state index in [0.29, 0.717) is 38.5 Å². The lowest BCUT2D eigenvalue weighted by molar-refractivity contribution is -0.136. The number of nitrogens with one attached hydrogen (secondary N) is 1. The van der Waals surface area contributed by atoms with Gasteiger partial charge in [0.15, 0.2) is 11.7 Å². The van der Waals surface area contributed by atoms with Gasteiger partial charge < -0.3 is 14.6 Å². The van der Waals surface area contributed by atoms with Crippen molar-refractivity contribution in [3.05, 3.63) is 63.3 Å². The maximum Gasteiger partial charge on any atom is 0.338 e. The van der Waals surface area contributed by atoms with Gasteiger partial charge in [0.1, 0.15) is 6.04 Å². The summed E-state index contributed by atoms with van der Waals surface area (Å²) in [7, 11) is 3.20. The third-order valence-corrected chi connectivity index (χ3v) is 4.50. The van der Waals surface area contributed by atoms with Crippen LogP contribution in [0.25, 0.3) is 0 Å². The maximum absolute atomic E-state index is 12.3. The number of halogens is 2. The first kappa shape index (κ1) is 17.5. The topological polar surface area (TPSA) is 68.5 Å². The number of imidazole rings is 1. The number of rotatable bonds is 3. The van der Waals surface area contributed by atoms with Crippen LogP contribution in [0.2, 0.25) is 10.0 Å². The Morgan fingerprint density at radius 2 is 2.12 bits per heavy atom. The molecule has 0 fully saturated rings. The number of aromatic nitrogens is 2. The van der Waals surface area contributed by atoms with Crippen molar-refractivity contribution >= 4 is 35.0 Å². The summed E-state index contributed by atoms with van der Waals surface area (Å²) in [5, 5.41) is 4.07. The number of aliphatic imine (C=N–C) groups is 1. The summed E-state index contributed by atoms with van der Waals surface area (Å²) in [6.07, 6.45) is 3.50. The standard InChI is InChI=1S/C17H16Cl2N4O2/c1-9-13(17(24)25-3)14(11-5-4-10(18)8-12(11)19)22-15(21-9)16-20-6-7-23(16)2/h4-8,14H,1-3H3,(H,21,22). The van der Waals surface area contributed by atoms with Gasteiger partial charge in [-0.1, -0.05) is 29.3 Å². The molecular formula is C17H16Cl2N4O2. The summed E-state index contributed by atoms with van der Waals surface area (Å²) in [5.41, 5.74) is 1.69. The quantitative estimate of drug-likeness (QED) is 0.832. The molecule has 2 heterocycles. The average molecular weight is 379 g/mol. The Hall–Kier alpha value is -2.31. The predicted octanol–water partition coefficient (Wildman–Crippen LogP) is 3.27. The van der Waals surface area contributed by atoms with Gasteiger partial charge in [-0.15, -0.1) is 0 Å². The molecule has 0 saturated carbocycles. The van der Waals surface area contributed by atoms with Gasteiger partial charge in [0.05, 0.1) is 12.7 Å². The number of hydrogen-bond acceptors (Lipinski definition) is 5. The third-order valence-electron chi connectivity index (χ3n) is 3.94.